The quantitative estimate of drug-likeness (QED) is 0.807. The fourth-order valence-electron chi connectivity index (χ4n) is 2.23. The molecule has 126 valence electrons. The van der Waals surface area contributed by atoms with E-state index >= 15 is 0 Å². The molecule has 0 heterocycles. The van der Waals surface area contributed by atoms with Gasteiger partial charge in [-0.1, -0.05) is 29.3 Å². The van der Waals surface area contributed by atoms with E-state index in [1.165, 1.54) is 19.2 Å². The maximum Gasteiger partial charge on any atom is 0.262 e. The van der Waals surface area contributed by atoms with Gasteiger partial charge in [-0.3, -0.25) is 9.59 Å². The van der Waals surface area contributed by atoms with Crippen molar-refractivity contribution in [3.8, 4) is 11.5 Å². The van der Waals surface area contributed by atoms with E-state index in [-0.39, 0.29) is 23.3 Å². The molecule has 0 radical (unpaired) electrons. The summed E-state index contributed by atoms with van der Waals surface area (Å²) in [4.78, 5) is 22.9. The Balaban J connectivity index is 2.07. The SMILES string of the molecule is COc1cc(C=O)cc(Cl)c1OCC(=O)Nc1ccc(C)cc1C. The molecule has 1 amide bonds. The highest BCUT2D eigenvalue weighted by Gasteiger charge is 2.14. The van der Waals surface area contributed by atoms with Crippen LogP contribution in [0.3, 0.4) is 0 Å². The van der Waals surface area contributed by atoms with Gasteiger partial charge in [0.2, 0.25) is 0 Å². The molecule has 0 saturated heterocycles. The lowest BCUT2D eigenvalue weighted by molar-refractivity contribution is -0.118. The highest BCUT2D eigenvalue weighted by Crippen LogP contribution is 2.36. The zero-order chi connectivity index (χ0) is 17.7. The van der Waals surface area contributed by atoms with Crippen LogP contribution in [0.5, 0.6) is 11.5 Å². The molecule has 1 N–H and O–H groups in total. The monoisotopic (exact) mass is 347 g/mol. The maximum absolute atomic E-state index is 12.1. The van der Waals surface area contributed by atoms with Crippen LogP contribution < -0.4 is 14.8 Å². The van der Waals surface area contributed by atoms with E-state index in [0.29, 0.717) is 17.6 Å². The minimum absolute atomic E-state index is 0.204. The fourth-order valence-corrected chi connectivity index (χ4v) is 2.50. The van der Waals surface area contributed by atoms with Crippen LogP contribution in [0.2, 0.25) is 5.02 Å². The van der Waals surface area contributed by atoms with Crippen molar-refractivity contribution in [2.45, 2.75) is 13.8 Å². The van der Waals surface area contributed by atoms with Gasteiger partial charge < -0.3 is 14.8 Å². The van der Waals surface area contributed by atoms with Crippen LogP contribution in [0.15, 0.2) is 30.3 Å². The van der Waals surface area contributed by atoms with Gasteiger partial charge in [-0.15, -0.1) is 0 Å². The minimum Gasteiger partial charge on any atom is -0.493 e. The average molecular weight is 348 g/mol. The van der Waals surface area contributed by atoms with Crippen LogP contribution in [-0.4, -0.2) is 25.9 Å². The van der Waals surface area contributed by atoms with Gasteiger partial charge in [-0.25, -0.2) is 0 Å². The van der Waals surface area contributed by atoms with Gasteiger partial charge in [0.1, 0.15) is 6.29 Å². The van der Waals surface area contributed by atoms with Gasteiger partial charge >= 0.3 is 0 Å². The van der Waals surface area contributed by atoms with Gasteiger partial charge in [0.25, 0.3) is 5.91 Å². The predicted octanol–water partition coefficient (Wildman–Crippen LogP) is 3.80. The summed E-state index contributed by atoms with van der Waals surface area (Å²) in [5.41, 5.74) is 3.18. The lowest BCUT2D eigenvalue weighted by atomic mass is 10.1. The largest absolute Gasteiger partial charge is 0.493 e. The van der Waals surface area contributed by atoms with Crippen molar-refractivity contribution >= 4 is 29.5 Å². The van der Waals surface area contributed by atoms with Crippen LogP contribution in [-0.2, 0) is 4.79 Å². The lowest BCUT2D eigenvalue weighted by Crippen LogP contribution is -2.21. The Kier molecular flexibility index (Phi) is 5.82. The summed E-state index contributed by atoms with van der Waals surface area (Å²) in [7, 11) is 1.43. The highest BCUT2D eigenvalue weighted by molar-refractivity contribution is 6.32. The number of rotatable bonds is 6. The molecule has 0 saturated carbocycles. The third-order valence-corrected chi connectivity index (χ3v) is 3.67. The number of benzene rings is 2. The zero-order valence-electron chi connectivity index (χ0n) is 13.7. The number of hydrogen-bond donors (Lipinski definition) is 1. The van der Waals surface area contributed by atoms with Crippen molar-refractivity contribution in [3.05, 3.63) is 52.0 Å². The third kappa shape index (κ3) is 4.26. The molecule has 0 aliphatic heterocycles. The molecule has 0 bridgehead atoms. The molecule has 0 spiro atoms. The van der Waals surface area contributed by atoms with E-state index in [2.05, 4.69) is 5.32 Å². The first-order valence-electron chi connectivity index (χ1n) is 7.27. The maximum atomic E-state index is 12.1. The Bertz CT molecular complexity index is 774. The zero-order valence-corrected chi connectivity index (χ0v) is 14.4. The van der Waals surface area contributed by atoms with Gasteiger partial charge in [-0.2, -0.15) is 0 Å². The number of ether oxygens (including phenoxy) is 2. The number of anilines is 1. The number of carbonyl (C=O) groups excluding carboxylic acids is 2. The van der Waals surface area contributed by atoms with E-state index < -0.39 is 0 Å². The van der Waals surface area contributed by atoms with Crippen molar-refractivity contribution in [2.75, 3.05) is 19.0 Å². The summed E-state index contributed by atoms with van der Waals surface area (Å²) < 4.78 is 10.6. The Morgan fingerprint density at radius 2 is 2.00 bits per heavy atom. The molecular weight excluding hydrogens is 330 g/mol. The fraction of sp³-hybridized carbons (Fsp3) is 0.222. The number of amides is 1. The van der Waals surface area contributed by atoms with Gasteiger partial charge in [0.05, 0.1) is 12.1 Å². The topological polar surface area (TPSA) is 64.6 Å². The van der Waals surface area contributed by atoms with Crippen molar-refractivity contribution in [2.24, 2.45) is 0 Å². The van der Waals surface area contributed by atoms with Crippen LogP contribution in [0.4, 0.5) is 5.69 Å². The number of hydrogen-bond acceptors (Lipinski definition) is 4. The summed E-state index contributed by atoms with van der Waals surface area (Å²) in [5.74, 6) is 0.198. The Morgan fingerprint density at radius 3 is 2.62 bits per heavy atom. The molecule has 0 atom stereocenters. The first kappa shape index (κ1) is 17.8. The second-order valence-corrected chi connectivity index (χ2v) is 5.71. The van der Waals surface area contributed by atoms with Crippen molar-refractivity contribution < 1.29 is 19.1 Å². The molecule has 0 aromatic heterocycles. The summed E-state index contributed by atoms with van der Waals surface area (Å²) in [6.45, 7) is 3.67. The normalized spacial score (nSPS) is 10.2. The van der Waals surface area contributed by atoms with Crippen LogP contribution in [0.1, 0.15) is 21.5 Å². The molecule has 0 aliphatic carbocycles. The van der Waals surface area contributed by atoms with Gasteiger partial charge in [0, 0.05) is 11.3 Å². The molecule has 0 aliphatic rings. The van der Waals surface area contributed by atoms with E-state index in [1.54, 1.807) is 0 Å². The van der Waals surface area contributed by atoms with Crippen LogP contribution >= 0.6 is 11.6 Å². The van der Waals surface area contributed by atoms with Crippen LogP contribution in [0, 0.1) is 13.8 Å². The molecule has 5 nitrogen and oxygen atoms in total. The Hall–Kier alpha value is -2.53. The number of aldehydes is 1. The third-order valence-electron chi connectivity index (χ3n) is 3.39. The van der Waals surface area contributed by atoms with Gasteiger partial charge in [-0.05, 0) is 37.6 Å². The van der Waals surface area contributed by atoms with E-state index in [1.807, 2.05) is 32.0 Å². The second kappa shape index (κ2) is 7.84. The van der Waals surface area contributed by atoms with Crippen molar-refractivity contribution in [3.63, 3.8) is 0 Å². The molecule has 0 fully saturated rings. The average Bonchev–Trinajstić information content (AvgIpc) is 2.55. The van der Waals surface area contributed by atoms with E-state index in [9.17, 15) is 9.59 Å². The molecule has 2 rings (SSSR count). The number of halogens is 1. The van der Waals surface area contributed by atoms with Crippen LogP contribution in [0.25, 0.3) is 0 Å². The molecule has 24 heavy (non-hydrogen) atoms. The molecule has 0 unspecified atom stereocenters. The predicted molar refractivity (Wildman–Crippen MR) is 93.4 cm³/mol. The Morgan fingerprint density at radius 1 is 1.25 bits per heavy atom. The molecular formula is C18H18ClNO4. The van der Waals surface area contributed by atoms with Crippen molar-refractivity contribution in [1.82, 2.24) is 0 Å². The van der Waals surface area contributed by atoms with E-state index in [4.69, 9.17) is 21.1 Å². The summed E-state index contributed by atoms with van der Waals surface area (Å²) >= 11 is 6.08. The number of aryl methyl sites for hydroxylation is 2. The van der Waals surface area contributed by atoms with Gasteiger partial charge in [0.15, 0.2) is 18.1 Å². The minimum atomic E-state index is -0.320. The summed E-state index contributed by atoms with van der Waals surface area (Å²) in [5, 5.41) is 2.99. The number of methoxy groups -OCH3 is 1. The first-order valence-corrected chi connectivity index (χ1v) is 7.65. The standard InChI is InChI=1S/C18H18ClNO4/c1-11-4-5-15(12(2)6-11)20-17(22)10-24-18-14(19)7-13(9-21)8-16(18)23-3/h4-9H,10H2,1-3H3,(H,20,22). The number of nitrogens with one attached hydrogen (secondary N) is 1. The lowest BCUT2D eigenvalue weighted by Gasteiger charge is -2.13. The number of carbonyl (C=O) groups is 2. The van der Waals surface area contributed by atoms with E-state index in [0.717, 1.165) is 16.8 Å². The van der Waals surface area contributed by atoms with Crippen molar-refractivity contribution in [1.29, 1.82) is 0 Å². The Labute approximate surface area is 145 Å². The summed E-state index contributed by atoms with van der Waals surface area (Å²) in [6.07, 6.45) is 0.658. The molecule has 2 aromatic carbocycles. The molecule has 2 aromatic rings. The second-order valence-electron chi connectivity index (χ2n) is 5.31. The first-order chi connectivity index (χ1) is 11.4. The smallest absolute Gasteiger partial charge is 0.262 e. The highest BCUT2D eigenvalue weighted by atomic mass is 35.5. The molecule has 6 heteroatoms. The summed E-state index contributed by atoms with van der Waals surface area (Å²) in [6, 6.07) is 8.69.